The topological polar surface area (TPSA) is 84.5 Å². The number of rotatable bonds is 12. The number of carbonyl (C=O) groups excluding carboxylic acids is 2. The number of benzene rings is 2. The summed E-state index contributed by atoms with van der Waals surface area (Å²) in [4.78, 5) is 37.1. The summed E-state index contributed by atoms with van der Waals surface area (Å²) in [7, 11) is 0. The number of hydrogen-bond donors (Lipinski definition) is 0. The number of ether oxygens (including phenoxy) is 1. The van der Waals surface area contributed by atoms with E-state index in [4.69, 9.17) is 11.3 Å². The Morgan fingerprint density at radius 3 is 2.37 bits per heavy atom. The van der Waals surface area contributed by atoms with Crippen LogP contribution in [0.3, 0.4) is 0 Å². The second-order valence-electron chi connectivity index (χ2n) is 11.2. The Morgan fingerprint density at radius 2 is 1.77 bits per heavy atom. The summed E-state index contributed by atoms with van der Waals surface area (Å²) >= 11 is 0. The molecular formula is C34H44N6O3. The monoisotopic (exact) mass is 584 g/mol. The molecule has 9 nitrogen and oxygen atoms in total. The first-order chi connectivity index (χ1) is 20.6. The third kappa shape index (κ3) is 8.99. The molecule has 0 unspecified atom stereocenters. The van der Waals surface area contributed by atoms with Gasteiger partial charge < -0.3 is 24.3 Å². The van der Waals surface area contributed by atoms with Crippen molar-refractivity contribution in [1.82, 2.24) is 14.7 Å². The molecule has 0 aliphatic carbocycles. The molecular weight excluding hydrogens is 540 g/mol. The lowest BCUT2D eigenvalue weighted by Gasteiger charge is -2.27. The Kier molecular flexibility index (Phi) is 12.0. The molecule has 228 valence electrons. The number of nitrogens with zero attached hydrogens (tertiary/aromatic N) is 6. The van der Waals surface area contributed by atoms with Gasteiger partial charge in [0.05, 0.1) is 18.7 Å². The third-order valence-corrected chi connectivity index (χ3v) is 7.22. The van der Waals surface area contributed by atoms with Gasteiger partial charge in [0.25, 0.3) is 0 Å². The van der Waals surface area contributed by atoms with Crippen LogP contribution in [0.4, 0.5) is 10.5 Å². The number of hydrogen-bond acceptors (Lipinski definition) is 6. The molecule has 0 N–H and O–H groups in total. The predicted octanol–water partition coefficient (Wildman–Crippen LogP) is 6.23. The Balaban J connectivity index is 1.73. The second kappa shape index (κ2) is 15.7. The molecule has 43 heavy (non-hydrogen) atoms. The van der Waals surface area contributed by atoms with E-state index in [1.807, 2.05) is 56.9 Å². The Hall–Kier alpha value is -4.50. The lowest BCUT2D eigenvalue weighted by Crippen LogP contribution is -2.35. The first kappa shape index (κ1) is 33.0. The molecule has 1 aliphatic rings. The van der Waals surface area contributed by atoms with Crippen molar-refractivity contribution in [3.8, 4) is 6.07 Å². The van der Waals surface area contributed by atoms with Crippen LogP contribution in [-0.4, -0.2) is 65.5 Å². The zero-order chi connectivity index (χ0) is 31.5. The minimum atomic E-state index is -0.345. The molecule has 0 bridgehead atoms. The molecule has 3 rings (SSSR count). The average molecular weight is 585 g/mol. The third-order valence-electron chi connectivity index (χ3n) is 7.22. The van der Waals surface area contributed by atoms with Crippen LogP contribution in [0, 0.1) is 31.8 Å². The Morgan fingerprint density at radius 1 is 1.07 bits per heavy atom. The van der Waals surface area contributed by atoms with Gasteiger partial charge in [-0.25, -0.2) is 14.9 Å². The maximum atomic E-state index is 13.5. The average Bonchev–Trinajstić information content (AvgIpc) is 3.34. The van der Waals surface area contributed by atoms with Gasteiger partial charge in [0.2, 0.25) is 5.91 Å². The largest absolute Gasteiger partial charge is 0.447 e. The molecule has 1 saturated heterocycles. The SMILES string of the molecule is [C-]#[N+]/C(C#N)=C1\N(CCC(=O)N(CC)c2cccc(CN(CCC)C(=O)OC(C)C)c2)CCN1Cc1cc(C)cc(C)c1. The van der Waals surface area contributed by atoms with Gasteiger partial charge in [0, 0.05) is 57.9 Å². The van der Waals surface area contributed by atoms with Gasteiger partial charge >= 0.3 is 11.8 Å². The van der Waals surface area contributed by atoms with E-state index in [-0.39, 0.29) is 30.2 Å². The van der Waals surface area contributed by atoms with E-state index in [0.29, 0.717) is 51.6 Å². The van der Waals surface area contributed by atoms with Crippen LogP contribution in [0.5, 0.6) is 0 Å². The van der Waals surface area contributed by atoms with Crippen molar-refractivity contribution in [2.45, 2.75) is 73.6 Å². The summed E-state index contributed by atoms with van der Waals surface area (Å²) < 4.78 is 5.42. The van der Waals surface area contributed by atoms with Crippen LogP contribution in [0.2, 0.25) is 0 Å². The number of anilines is 1. The normalized spacial score (nSPS) is 13.9. The van der Waals surface area contributed by atoms with Crippen molar-refractivity contribution >= 4 is 17.7 Å². The van der Waals surface area contributed by atoms with E-state index in [0.717, 1.165) is 23.2 Å². The first-order valence-electron chi connectivity index (χ1n) is 15.0. The van der Waals surface area contributed by atoms with Crippen LogP contribution in [0.1, 0.15) is 62.8 Å². The van der Waals surface area contributed by atoms with Gasteiger partial charge in [-0.3, -0.25) is 4.79 Å². The molecule has 0 saturated carbocycles. The lowest BCUT2D eigenvalue weighted by molar-refractivity contribution is -0.118. The highest BCUT2D eigenvalue weighted by atomic mass is 16.6. The highest BCUT2D eigenvalue weighted by molar-refractivity contribution is 5.93. The fraction of sp³-hybridized carbons (Fsp3) is 0.471. The number of aryl methyl sites for hydroxylation is 2. The van der Waals surface area contributed by atoms with Gasteiger partial charge in [-0.1, -0.05) is 48.4 Å². The molecule has 2 aromatic rings. The number of nitriles is 1. The van der Waals surface area contributed by atoms with Crippen LogP contribution >= 0.6 is 0 Å². The molecule has 2 amide bonds. The van der Waals surface area contributed by atoms with Crippen LogP contribution in [0.15, 0.2) is 54.0 Å². The van der Waals surface area contributed by atoms with Crippen LogP contribution < -0.4 is 4.90 Å². The zero-order valence-corrected chi connectivity index (χ0v) is 26.4. The maximum Gasteiger partial charge on any atom is 0.410 e. The highest BCUT2D eigenvalue weighted by Crippen LogP contribution is 2.27. The maximum absolute atomic E-state index is 13.5. The molecule has 0 radical (unpaired) electrons. The lowest BCUT2D eigenvalue weighted by atomic mass is 10.1. The predicted molar refractivity (Wildman–Crippen MR) is 169 cm³/mol. The smallest absolute Gasteiger partial charge is 0.410 e. The molecule has 1 aliphatic heterocycles. The van der Waals surface area contributed by atoms with Crippen molar-refractivity contribution in [2.24, 2.45) is 0 Å². The summed E-state index contributed by atoms with van der Waals surface area (Å²) in [6, 6.07) is 16.2. The van der Waals surface area contributed by atoms with Crippen molar-refractivity contribution in [3.63, 3.8) is 0 Å². The summed E-state index contributed by atoms with van der Waals surface area (Å²) in [5, 5.41) is 9.75. The van der Waals surface area contributed by atoms with Crippen molar-refractivity contribution in [3.05, 3.63) is 87.7 Å². The van der Waals surface area contributed by atoms with Crippen LogP contribution in [-0.2, 0) is 22.6 Å². The van der Waals surface area contributed by atoms with E-state index in [2.05, 4.69) is 47.9 Å². The molecule has 9 heteroatoms. The standard InChI is InChI=1S/C34H44N6O3/c1-8-14-39(34(42)43-25(3)4)23-28-11-10-12-30(21-28)40(9-2)32(41)13-15-37-16-17-38(33(37)31(22-35)36-7)24-29-19-26(5)18-27(6)20-29/h10-12,18-21,25H,8-9,13-17,23-24H2,1-6H3/b33-31+. The number of allylic oxidation sites excluding steroid dienone is 1. The summed E-state index contributed by atoms with van der Waals surface area (Å²) in [6.07, 6.45) is 0.499. The van der Waals surface area contributed by atoms with E-state index < -0.39 is 0 Å². The van der Waals surface area contributed by atoms with Crippen LogP contribution in [0.25, 0.3) is 4.85 Å². The fourth-order valence-electron chi connectivity index (χ4n) is 5.52. The van der Waals surface area contributed by atoms with Gasteiger partial charge in [-0.2, -0.15) is 0 Å². The second-order valence-corrected chi connectivity index (χ2v) is 11.2. The minimum absolute atomic E-state index is 0.0435. The zero-order valence-electron chi connectivity index (χ0n) is 26.4. The Labute approximate surface area is 256 Å². The molecule has 1 fully saturated rings. The molecule has 2 aromatic carbocycles. The number of amides is 2. The summed E-state index contributed by atoms with van der Waals surface area (Å²) in [5.41, 5.74) is 5.20. The van der Waals surface area contributed by atoms with E-state index in [1.54, 1.807) is 9.80 Å². The van der Waals surface area contributed by atoms with E-state index in [9.17, 15) is 14.9 Å². The summed E-state index contributed by atoms with van der Waals surface area (Å²) in [5.74, 6) is 0.552. The quantitative estimate of drug-likeness (QED) is 0.217. The van der Waals surface area contributed by atoms with Gasteiger partial charge in [0.15, 0.2) is 0 Å². The Bertz CT molecular complexity index is 1370. The van der Waals surface area contributed by atoms with Crippen molar-refractivity contribution in [1.29, 1.82) is 5.26 Å². The minimum Gasteiger partial charge on any atom is -0.447 e. The van der Waals surface area contributed by atoms with Gasteiger partial charge in [-0.05, 0) is 64.3 Å². The molecule has 0 atom stereocenters. The van der Waals surface area contributed by atoms with Crippen molar-refractivity contribution < 1.29 is 14.3 Å². The molecule has 1 heterocycles. The molecule has 0 spiro atoms. The van der Waals surface area contributed by atoms with E-state index >= 15 is 0 Å². The number of carbonyl (C=O) groups is 2. The fourth-order valence-corrected chi connectivity index (χ4v) is 5.52. The van der Waals surface area contributed by atoms with E-state index in [1.165, 1.54) is 11.1 Å². The van der Waals surface area contributed by atoms with Crippen molar-refractivity contribution in [2.75, 3.05) is 37.6 Å². The molecule has 0 aromatic heterocycles. The first-order valence-corrected chi connectivity index (χ1v) is 15.0. The van der Waals surface area contributed by atoms with Gasteiger partial charge in [0.1, 0.15) is 5.82 Å². The summed E-state index contributed by atoms with van der Waals surface area (Å²) in [6.45, 7) is 23.1. The van der Waals surface area contributed by atoms with Gasteiger partial charge in [-0.15, -0.1) is 0 Å². The highest BCUT2D eigenvalue weighted by Gasteiger charge is 2.29.